The second kappa shape index (κ2) is 7.15. The summed E-state index contributed by atoms with van der Waals surface area (Å²) < 4.78 is 31.4. The van der Waals surface area contributed by atoms with Crippen molar-refractivity contribution in [2.45, 2.75) is 10.6 Å². The molecule has 0 aliphatic rings. The number of benzene rings is 2. The van der Waals surface area contributed by atoms with Crippen molar-refractivity contribution in [1.82, 2.24) is 4.98 Å². The summed E-state index contributed by atoms with van der Waals surface area (Å²) in [5.41, 5.74) is 0.743. The molecule has 0 fully saturated rings. The molecular formula is C18H14BrNO3S. The van der Waals surface area contributed by atoms with Crippen LogP contribution in [0, 0.1) is 0 Å². The van der Waals surface area contributed by atoms with Crippen LogP contribution in [0.15, 0.2) is 82.3 Å². The fourth-order valence-corrected chi connectivity index (χ4v) is 3.66. The van der Waals surface area contributed by atoms with E-state index in [-0.39, 0.29) is 10.6 Å². The molecule has 122 valence electrons. The van der Waals surface area contributed by atoms with E-state index in [0.717, 1.165) is 10.0 Å². The molecule has 1 heterocycles. The molecular weight excluding hydrogens is 390 g/mol. The molecule has 0 N–H and O–H groups in total. The minimum atomic E-state index is -3.43. The van der Waals surface area contributed by atoms with Gasteiger partial charge in [0.2, 0.25) is 5.88 Å². The molecule has 2 aromatic carbocycles. The third-order valence-corrected chi connectivity index (χ3v) is 5.51. The molecule has 0 spiro atoms. The Hall–Kier alpha value is -2.18. The molecule has 0 saturated carbocycles. The molecule has 0 unspecified atom stereocenters. The summed E-state index contributed by atoms with van der Waals surface area (Å²) in [5, 5.41) is 0. The molecule has 0 bridgehead atoms. The highest BCUT2D eigenvalue weighted by Crippen LogP contribution is 2.23. The van der Waals surface area contributed by atoms with Gasteiger partial charge in [0.15, 0.2) is 9.84 Å². The van der Waals surface area contributed by atoms with E-state index in [1.54, 1.807) is 30.3 Å². The smallest absolute Gasteiger partial charge is 0.219 e. The number of aromatic nitrogens is 1. The van der Waals surface area contributed by atoms with Gasteiger partial charge in [0, 0.05) is 16.7 Å². The van der Waals surface area contributed by atoms with Gasteiger partial charge in [-0.05, 0) is 35.9 Å². The Morgan fingerprint density at radius 1 is 0.917 bits per heavy atom. The predicted octanol–water partition coefficient (Wildman–Crippen LogP) is 4.61. The average Bonchev–Trinajstić information content (AvgIpc) is 2.58. The number of nitrogens with zero attached hydrogens (tertiary/aromatic N) is 1. The molecule has 6 heteroatoms. The van der Waals surface area contributed by atoms with Crippen molar-refractivity contribution in [3.63, 3.8) is 0 Å². The van der Waals surface area contributed by atoms with E-state index in [0.29, 0.717) is 11.6 Å². The van der Waals surface area contributed by atoms with E-state index in [1.807, 2.05) is 30.3 Å². The zero-order chi connectivity index (χ0) is 17.0. The molecule has 4 nitrogen and oxygen atoms in total. The minimum absolute atomic E-state index is 0.0531. The monoisotopic (exact) mass is 403 g/mol. The first-order valence-corrected chi connectivity index (χ1v) is 9.64. The second-order valence-corrected chi connectivity index (χ2v) is 8.04. The lowest BCUT2D eigenvalue weighted by Gasteiger charge is -2.07. The molecule has 0 aliphatic carbocycles. The van der Waals surface area contributed by atoms with Gasteiger partial charge >= 0.3 is 0 Å². The van der Waals surface area contributed by atoms with E-state index in [9.17, 15) is 8.42 Å². The van der Waals surface area contributed by atoms with Crippen LogP contribution in [0.5, 0.6) is 11.6 Å². The van der Waals surface area contributed by atoms with Crippen LogP contribution in [0.2, 0.25) is 0 Å². The molecule has 0 aliphatic heterocycles. The normalized spacial score (nSPS) is 11.2. The first-order chi connectivity index (χ1) is 11.5. The van der Waals surface area contributed by atoms with Gasteiger partial charge in [0.25, 0.3) is 0 Å². The first kappa shape index (κ1) is 16.7. The molecule has 0 amide bonds. The second-order valence-electron chi connectivity index (χ2n) is 5.13. The highest BCUT2D eigenvalue weighted by molar-refractivity contribution is 9.10. The van der Waals surface area contributed by atoms with Gasteiger partial charge in [0.05, 0.1) is 10.6 Å². The van der Waals surface area contributed by atoms with Crippen molar-refractivity contribution in [1.29, 1.82) is 0 Å². The molecule has 0 radical (unpaired) electrons. The van der Waals surface area contributed by atoms with Crippen LogP contribution in [0.1, 0.15) is 5.56 Å². The third kappa shape index (κ3) is 4.21. The number of halogens is 1. The topological polar surface area (TPSA) is 56.3 Å². The number of sulfone groups is 1. The fraction of sp³-hybridized carbons (Fsp3) is 0.0556. The van der Waals surface area contributed by atoms with Crippen LogP contribution in [-0.4, -0.2) is 13.4 Å². The van der Waals surface area contributed by atoms with Gasteiger partial charge in [0.1, 0.15) is 5.75 Å². The van der Waals surface area contributed by atoms with Gasteiger partial charge < -0.3 is 4.74 Å². The van der Waals surface area contributed by atoms with Gasteiger partial charge in [-0.2, -0.15) is 0 Å². The summed E-state index contributed by atoms with van der Waals surface area (Å²) in [6, 6.07) is 19.4. The minimum Gasteiger partial charge on any atom is -0.439 e. The zero-order valence-corrected chi connectivity index (χ0v) is 15.0. The zero-order valence-electron chi connectivity index (χ0n) is 12.6. The van der Waals surface area contributed by atoms with Crippen molar-refractivity contribution in [3.05, 3.63) is 83.0 Å². The number of ether oxygens (including phenoxy) is 1. The maximum atomic E-state index is 12.4. The van der Waals surface area contributed by atoms with Gasteiger partial charge in [-0.1, -0.05) is 46.3 Å². The highest BCUT2D eigenvalue weighted by Gasteiger charge is 2.16. The van der Waals surface area contributed by atoms with E-state index in [1.165, 1.54) is 12.3 Å². The summed E-state index contributed by atoms with van der Waals surface area (Å²) in [4.78, 5) is 4.27. The Morgan fingerprint density at radius 3 is 2.25 bits per heavy atom. The van der Waals surface area contributed by atoms with E-state index >= 15 is 0 Å². The Labute approximate surface area is 149 Å². The molecule has 0 saturated heterocycles. The maximum absolute atomic E-state index is 12.4. The average molecular weight is 404 g/mol. The molecule has 1 aromatic heterocycles. The van der Waals surface area contributed by atoms with E-state index < -0.39 is 9.84 Å². The summed E-state index contributed by atoms with van der Waals surface area (Å²) in [6.07, 6.45) is 1.33. The van der Waals surface area contributed by atoms with Crippen molar-refractivity contribution in [2.24, 2.45) is 0 Å². The van der Waals surface area contributed by atoms with Crippen molar-refractivity contribution < 1.29 is 13.2 Å². The van der Waals surface area contributed by atoms with Crippen LogP contribution in [0.3, 0.4) is 0 Å². The fourth-order valence-electron chi connectivity index (χ4n) is 2.11. The molecule has 3 aromatic rings. The predicted molar refractivity (Wildman–Crippen MR) is 95.8 cm³/mol. The maximum Gasteiger partial charge on any atom is 0.219 e. The largest absolute Gasteiger partial charge is 0.439 e. The van der Waals surface area contributed by atoms with Crippen LogP contribution in [-0.2, 0) is 15.6 Å². The summed E-state index contributed by atoms with van der Waals surface area (Å²) >= 11 is 3.35. The summed E-state index contributed by atoms with van der Waals surface area (Å²) in [7, 11) is -3.43. The first-order valence-electron chi connectivity index (χ1n) is 7.19. The Bertz CT molecular complexity index is 909. The Balaban J connectivity index is 1.75. The standard InChI is InChI=1S/C18H14BrNO3S/c19-15-6-8-16(9-7-15)23-18-11-10-17(12-20-18)24(21,22)13-14-4-2-1-3-5-14/h1-12H,13H2. The SMILES string of the molecule is O=S(=O)(Cc1ccccc1)c1ccc(Oc2ccc(Br)cc2)nc1. The van der Waals surface area contributed by atoms with Gasteiger partial charge in [-0.3, -0.25) is 0 Å². The molecule has 24 heavy (non-hydrogen) atoms. The van der Waals surface area contributed by atoms with Crippen molar-refractivity contribution in [2.75, 3.05) is 0 Å². The number of hydrogen-bond donors (Lipinski definition) is 0. The lowest BCUT2D eigenvalue weighted by Crippen LogP contribution is -2.05. The summed E-state index contributed by atoms with van der Waals surface area (Å²) in [6.45, 7) is 0. The number of rotatable bonds is 5. The summed E-state index contributed by atoms with van der Waals surface area (Å²) in [5.74, 6) is 0.921. The molecule has 0 atom stereocenters. The quantitative estimate of drug-likeness (QED) is 0.623. The van der Waals surface area contributed by atoms with Crippen LogP contribution >= 0.6 is 15.9 Å². The number of hydrogen-bond acceptors (Lipinski definition) is 4. The van der Waals surface area contributed by atoms with Gasteiger partial charge in [-0.25, -0.2) is 13.4 Å². The van der Waals surface area contributed by atoms with Gasteiger partial charge in [-0.15, -0.1) is 0 Å². The van der Waals surface area contributed by atoms with E-state index in [2.05, 4.69) is 20.9 Å². The van der Waals surface area contributed by atoms with Crippen molar-refractivity contribution in [3.8, 4) is 11.6 Å². The van der Waals surface area contributed by atoms with Crippen LogP contribution < -0.4 is 4.74 Å². The Kier molecular flexibility index (Phi) is 4.97. The lowest BCUT2D eigenvalue weighted by molar-refractivity contribution is 0.462. The number of pyridine rings is 1. The molecule has 3 rings (SSSR count). The van der Waals surface area contributed by atoms with Crippen LogP contribution in [0.4, 0.5) is 0 Å². The Morgan fingerprint density at radius 2 is 1.62 bits per heavy atom. The highest BCUT2D eigenvalue weighted by atomic mass is 79.9. The third-order valence-electron chi connectivity index (χ3n) is 3.30. The van der Waals surface area contributed by atoms with Crippen LogP contribution in [0.25, 0.3) is 0 Å². The van der Waals surface area contributed by atoms with E-state index in [4.69, 9.17) is 4.74 Å². The lowest BCUT2D eigenvalue weighted by atomic mass is 10.2. The van der Waals surface area contributed by atoms with Crippen molar-refractivity contribution >= 4 is 25.8 Å².